The average molecular weight is 297 g/mol. The van der Waals surface area contributed by atoms with Crippen molar-refractivity contribution < 1.29 is 27.8 Å². The molecule has 1 atom stereocenters. The first-order valence-electron chi connectivity index (χ1n) is 5.02. The number of hydrogen-bond donors (Lipinski definition) is 1. The Kier molecular flexibility index (Phi) is 6.41. The number of hydrogen-bond acceptors (Lipinski definition) is 2. The van der Waals surface area contributed by atoms with Crippen LogP contribution in [0.4, 0.5) is 13.2 Å². The van der Waals surface area contributed by atoms with E-state index in [2.05, 4.69) is 6.58 Å². The summed E-state index contributed by atoms with van der Waals surface area (Å²) in [6.45, 7) is 3.36. The number of carbonyl (C=O) groups is 1. The van der Waals surface area contributed by atoms with E-state index in [0.29, 0.717) is 0 Å². The molecule has 0 spiro atoms. The topological polar surface area (TPSA) is 46.5 Å². The molecule has 1 rings (SSSR count). The minimum Gasteiger partial charge on any atom is -0.478 e. The number of rotatable bonds is 5. The summed E-state index contributed by atoms with van der Waals surface area (Å²) in [5, 5.41) is 8.80. The molecule has 1 aromatic rings. The average Bonchev–Trinajstić information content (AvgIpc) is 2.27. The highest BCUT2D eigenvalue weighted by Crippen LogP contribution is 2.31. The van der Waals surface area contributed by atoms with Gasteiger partial charge in [0.05, 0.1) is 5.56 Å². The summed E-state index contributed by atoms with van der Waals surface area (Å²) in [6, 6.07) is 4.08. The third-order valence-electron chi connectivity index (χ3n) is 2.10. The van der Waals surface area contributed by atoms with Gasteiger partial charge in [0.15, 0.2) is 6.10 Å². The second-order valence-corrected chi connectivity index (χ2v) is 3.49. The Labute approximate surface area is 114 Å². The van der Waals surface area contributed by atoms with Crippen molar-refractivity contribution in [2.75, 3.05) is 0 Å². The van der Waals surface area contributed by atoms with Crippen LogP contribution < -0.4 is 4.74 Å². The van der Waals surface area contributed by atoms with Gasteiger partial charge in [0.1, 0.15) is 5.75 Å². The molecule has 0 amide bonds. The number of benzene rings is 1. The fraction of sp³-hybridized carbons (Fsp3) is 0.250. The summed E-state index contributed by atoms with van der Waals surface area (Å²) in [5.74, 6) is -1.40. The second-order valence-electron chi connectivity index (χ2n) is 3.49. The molecule has 0 fully saturated rings. The summed E-state index contributed by atoms with van der Waals surface area (Å²) in [5.41, 5.74) is -0.886. The van der Waals surface area contributed by atoms with Gasteiger partial charge in [-0.05, 0) is 18.2 Å². The summed E-state index contributed by atoms with van der Waals surface area (Å²) in [7, 11) is 0. The summed E-state index contributed by atoms with van der Waals surface area (Å²) in [4.78, 5) is 10.8. The Morgan fingerprint density at radius 1 is 1.47 bits per heavy atom. The minimum absolute atomic E-state index is 0. The molecule has 1 N–H and O–H groups in total. The van der Waals surface area contributed by atoms with Crippen LogP contribution in [0.15, 0.2) is 36.9 Å². The Bertz CT molecular complexity index is 446. The van der Waals surface area contributed by atoms with Crippen LogP contribution in [0.1, 0.15) is 12.0 Å². The van der Waals surface area contributed by atoms with E-state index in [1.165, 1.54) is 12.1 Å². The fourth-order valence-corrected chi connectivity index (χ4v) is 1.26. The van der Waals surface area contributed by atoms with Gasteiger partial charge in [0.25, 0.3) is 0 Å². The summed E-state index contributed by atoms with van der Waals surface area (Å²) >= 11 is 0. The molecular weight excluding hydrogens is 285 g/mol. The standard InChI is InChI=1S/C12H11F3O3.ClH/c1-2-4-10(11(16)17)18-9-6-3-5-8(7-9)12(13,14)15;/h2-3,5-7,10H,1,4H2,(H,16,17);1H. The quantitative estimate of drug-likeness (QED) is 0.846. The van der Waals surface area contributed by atoms with Crippen molar-refractivity contribution in [1.29, 1.82) is 0 Å². The Balaban J connectivity index is 0.00000324. The van der Waals surface area contributed by atoms with Crippen LogP contribution in [0.25, 0.3) is 0 Å². The van der Waals surface area contributed by atoms with Gasteiger partial charge in [0.2, 0.25) is 0 Å². The molecule has 3 nitrogen and oxygen atoms in total. The molecule has 1 unspecified atom stereocenters. The Morgan fingerprint density at radius 2 is 2.11 bits per heavy atom. The van der Waals surface area contributed by atoms with Gasteiger partial charge in [0, 0.05) is 6.42 Å². The van der Waals surface area contributed by atoms with Gasteiger partial charge < -0.3 is 9.84 Å². The van der Waals surface area contributed by atoms with Crippen molar-refractivity contribution in [3.05, 3.63) is 42.5 Å². The summed E-state index contributed by atoms with van der Waals surface area (Å²) in [6.07, 6.45) is -4.40. The zero-order valence-electron chi connectivity index (χ0n) is 9.68. The molecule has 0 aliphatic heterocycles. The molecule has 19 heavy (non-hydrogen) atoms. The van der Waals surface area contributed by atoms with Crippen LogP contribution in [-0.2, 0) is 11.0 Å². The lowest BCUT2D eigenvalue weighted by Gasteiger charge is -2.14. The van der Waals surface area contributed by atoms with E-state index in [9.17, 15) is 18.0 Å². The van der Waals surface area contributed by atoms with E-state index in [1.807, 2.05) is 0 Å². The maximum Gasteiger partial charge on any atom is 0.416 e. The van der Waals surface area contributed by atoms with E-state index >= 15 is 0 Å². The van der Waals surface area contributed by atoms with Crippen molar-refractivity contribution in [2.45, 2.75) is 18.7 Å². The first-order chi connectivity index (χ1) is 8.34. The molecule has 0 aliphatic rings. The zero-order chi connectivity index (χ0) is 13.8. The molecule has 0 bridgehead atoms. The molecule has 0 radical (unpaired) electrons. The molecule has 0 saturated carbocycles. The van der Waals surface area contributed by atoms with Gasteiger partial charge in [-0.1, -0.05) is 12.1 Å². The molecule has 7 heteroatoms. The monoisotopic (exact) mass is 296 g/mol. The van der Waals surface area contributed by atoms with Gasteiger partial charge in [-0.2, -0.15) is 13.2 Å². The third-order valence-corrected chi connectivity index (χ3v) is 2.10. The van der Waals surface area contributed by atoms with Crippen LogP contribution in [0.2, 0.25) is 0 Å². The third kappa shape index (κ3) is 5.21. The molecule has 106 valence electrons. The maximum absolute atomic E-state index is 12.4. The van der Waals surface area contributed by atoms with Gasteiger partial charge in [-0.25, -0.2) is 4.79 Å². The highest BCUT2D eigenvalue weighted by Gasteiger charge is 2.31. The van der Waals surface area contributed by atoms with Crippen molar-refractivity contribution >= 4 is 18.4 Å². The largest absolute Gasteiger partial charge is 0.478 e. The van der Waals surface area contributed by atoms with Gasteiger partial charge in [-0.15, -0.1) is 19.0 Å². The second kappa shape index (κ2) is 7.04. The number of aliphatic carboxylic acids is 1. The normalized spacial score (nSPS) is 12.2. The Morgan fingerprint density at radius 3 is 2.58 bits per heavy atom. The van der Waals surface area contributed by atoms with Gasteiger partial charge >= 0.3 is 12.1 Å². The lowest BCUT2D eigenvalue weighted by Crippen LogP contribution is -2.26. The molecule has 0 aliphatic carbocycles. The summed E-state index contributed by atoms with van der Waals surface area (Å²) < 4.78 is 42.3. The maximum atomic E-state index is 12.4. The molecular formula is C12H12ClF3O3. The van der Waals surface area contributed by atoms with Crippen LogP contribution in [0.3, 0.4) is 0 Å². The molecule has 0 heterocycles. The first kappa shape index (κ1) is 17.3. The predicted molar refractivity (Wildman–Crippen MR) is 65.6 cm³/mol. The number of carboxylic acid groups (broad SMARTS) is 1. The first-order valence-corrected chi connectivity index (χ1v) is 5.02. The lowest BCUT2D eigenvalue weighted by atomic mass is 10.2. The highest BCUT2D eigenvalue weighted by atomic mass is 35.5. The number of halogens is 4. The SMILES string of the molecule is C=CCC(Oc1cccc(C(F)(F)F)c1)C(=O)O.Cl. The highest BCUT2D eigenvalue weighted by molar-refractivity contribution is 5.85. The lowest BCUT2D eigenvalue weighted by molar-refractivity contribution is -0.144. The van der Waals surface area contributed by atoms with E-state index in [1.54, 1.807) is 0 Å². The van der Waals surface area contributed by atoms with Crippen molar-refractivity contribution in [2.24, 2.45) is 0 Å². The van der Waals surface area contributed by atoms with E-state index in [4.69, 9.17) is 9.84 Å². The smallest absolute Gasteiger partial charge is 0.416 e. The predicted octanol–water partition coefficient (Wildman–Crippen LogP) is 3.54. The van der Waals surface area contributed by atoms with E-state index in [0.717, 1.165) is 18.2 Å². The molecule has 0 saturated heterocycles. The minimum atomic E-state index is -4.49. The zero-order valence-corrected chi connectivity index (χ0v) is 10.5. The van der Waals surface area contributed by atoms with Crippen LogP contribution in [0, 0.1) is 0 Å². The molecule has 0 aromatic heterocycles. The number of carboxylic acids is 1. The number of ether oxygens (including phenoxy) is 1. The molecule has 1 aromatic carbocycles. The van der Waals surface area contributed by atoms with E-state index < -0.39 is 23.8 Å². The van der Waals surface area contributed by atoms with Crippen LogP contribution in [0.5, 0.6) is 5.75 Å². The number of alkyl halides is 3. The van der Waals surface area contributed by atoms with Crippen molar-refractivity contribution in [3.63, 3.8) is 0 Å². The van der Waals surface area contributed by atoms with Crippen molar-refractivity contribution in [1.82, 2.24) is 0 Å². The van der Waals surface area contributed by atoms with Crippen LogP contribution in [-0.4, -0.2) is 17.2 Å². The van der Waals surface area contributed by atoms with Crippen LogP contribution >= 0.6 is 12.4 Å². The van der Waals surface area contributed by atoms with E-state index in [-0.39, 0.29) is 24.6 Å². The van der Waals surface area contributed by atoms with Gasteiger partial charge in [-0.3, -0.25) is 0 Å². The fourth-order valence-electron chi connectivity index (χ4n) is 1.26. The van der Waals surface area contributed by atoms with Crippen molar-refractivity contribution in [3.8, 4) is 5.75 Å². The Hall–Kier alpha value is -1.69.